The molecule has 0 aliphatic carbocycles. The summed E-state index contributed by atoms with van der Waals surface area (Å²) in [5.74, 6) is 0. The van der Waals surface area contributed by atoms with Crippen LogP contribution in [0.25, 0.3) is 0 Å². The maximum atomic E-state index is 8.74. The van der Waals surface area contributed by atoms with Crippen LogP contribution >= 0.6 is 0 Å². The smallest absolute Gasteiger partial charge is 1.00 e. The molecule has 0 aliphatic rings. The van der Waals surface area contributed by atoms with E-state index in [9.17, 15) is 0 Å². The minimum atomic E-state index is -4.67. The average molecular weight is 257 g/mol. The quantitative estimate of drug-likeness (QED) is 0.446. The third kappa shape index (κ3) is 113. The fourth-order valence-corrected chi connectivity index (χ4v) is 0. The molecule has 0 spiro atoms. The molecule has 0 rings (SSSR count). The standard InChI is InChI=1S/Ba.FH.H2O4S.2H/c;;1-5(2,3)4;;/h;1H;(H2,1,2,3,4);;/q+2;;;2*-1. The van der Waals surface area contributed by atoms with Crippen LogP contribution in [0.4, 0.5) is 4.70 Å². The molecule has 0 aliphatic heterocycles. The summed E-state index contributed by atoms with van der Waals surface area (Å²) in [6.07, 6.45) is 0. The molecule has 0 unspecified atom stereocenters. The van der Waals surface area contributed by atoms with Crippen molar-refractivity contribution in [2.24, 2.45) is 0 Å². The van der Waals surface area contributed by atoms with Crippen LogP contribution in [-0.4, -0.2) is 66.4 Å². The summed E-state index contributed by atoms with van der Waals surface area (Å²) in [5.41, 5.74) is 0. The van der Waals surface area contributed by atoms with Crippen LogP contribution in [-0.2, 0) is 10.4 Å². The first kappa shape index (κ1) is 15.8. The van der Waals surface area contributed by atoms with Crippen molar-refractivity contribution in [2.45, 2.75) is 0 Å². The Kier molecular flexibility index (Phi) is 12.4. The van der Waals surface area contributed by atoms with Gasteiger partial charge < -0.3 is 2.85 Å². The fourth-order valence-electron chi connectivity index (χ4n) is 0. The largest absolute Gasteiger partial charge is 2.00 e. The third-order valence-electron chi connectivity index (χ3n) is 0. The van der Waals surface area contributed by atoms with Crippen molar-refractivity contribution in [2.75, 3.05) is 0 Å². The Bertz CT molecular complexity index is 102. The van der Waals surface area contributed by atoms with E-state index in [-0.39, 0.29) is 56.4 Å². The predicted molar refractivity (Wildman–Crippen MR) is 24.7 cm³/mol. The molecule has 0 aromatic rings. The topological polar surface area (TPSA) is 74.6 Å². The predicted octanol–water partition coefficient (Wildman–Crippen LogP) is -0.656. The second-order valence-corrected chi connectivity index (χ2v) is 1.34. The molecule has 0 aromatic heterocycles. The van der Waals surface area contributed by atoms with Crippen molar-refractivity contribution in [1.82, 2.24) is 0 Å². The molecule has 0 saturated carbocycles. The summed E-state index contributed by atoms with van der Waals surface area (Å²) in [7, 11) is -4.67. The second kappa shape index (κ2) is 5.51. The molecule has 0 heterocycles. The maximum absolute atomic E-state index is 8.74. The van der Waals surface area contributed by atoms with Gasteiger partial charge >= 0.3 is 59.3 Å². The first-order valence-corrected chi connectivity index (χ1v) is 2.10. The monoisotopic (exact) mass is 258 g/mol. The molecule has 0 radical (unpaired) electrons. The van der Waals surface area contributed by atoms with Gasteiger partial charge in [-0.1, -0.05) is 0 Å². The van der Waals surface area contributed by atoms with E-state index < -0.39 is 10.4 Å². The van der Waals surface area contributed by atoms with Gasteiger partial charge in [-0.3, -0.25) is 13.8 Å². The summed E-state index contributed by atoms with van der Waals surface area (Å²) in [6.45, 7) is 0. The Morgan fingerprint density at radius 3 is 1.29 bits per heavy atom. The minimum absolute atomic E-state index is 0. The van der Waals surface area contributed by atoms with Crippen LogP contribution in [0, 0.1) is 0 Å². The summed E-state index contributed by atoms with van der Waals surface area (Å²) in [6, 6.07) is 0. The first-order valence-electron chi connectivity index (χ1n) is 0.698. The van der Waals surface area contributed by atoms with Crippen molar-refractivity contribution in [1.29, 1.82) is 0 Å². The number of rotatable bonds is 0. The van der Waals surface area contributed by atoms with Crippen LogP contribution in [0.15, 0.2) is 0 Å². The van der Waals surface area contributed by atoms with E-state index in [1.807, 2.05) is 0 Å². The molecule has 0 saturated heterocycles. The fraction of sp³-hybridized carbons (Fsp3) is 0. The Hall–Kier alpha value is 1.37. The number of halogens is 1. The van der Waals surface area contributed by atoms with E-state index in [2.05, 4.69) is 0 Å². The van der Waals surface area contributed by atoms with Gasteiger partial charge in [0.25, 0.3) is 0 Å². The van der Waals surface area contributed by atoms with Gasteiger partial charge in [0.2, 0.25) is 0 Å². The summed E-state index contributed by atoms with van der Waals surface area (Å²) >= 11 is 0. The van der Waals surface area contributed by atoms with Crippen molar-refractivity contribution < 1.29 is 25.1 Å². The summed E-state index contributed by atoms with van der Waals surface area (Å²) in [5, 5.41) is 0. The molecule has 44 valence electrons. The molecule has 4 nitrogen and oxygen atoms in total. The second-order valence-electron chi connectivity index (χ2n) is 0.448. The molecule has 7 heteroatoms. The van der Waals surface area contributed by atoms with Gasteiger partial charge in [0.05, 0.1) is 0 Å². The molecule has 0 atom stereocenters. The van der Waals surface area contributed by atoms with Gasteiger partial charge in [0.1, 0.15) is 0 Å². The summed E-state index contributed by atoms with van der Waals surface area (Å²) in [4.78, 5) is 0. The van der Waals surface area contributed by atoms with Crippen molar-refractivity contribution in [3.8, 4) is 0 Å². The molecular weight excluding hydrogens is 252 g/mol. The number of hydrogen-bond acceptors (Lipinski definition) is 2. The van der Waals surface area contributed by atoms with E-state index in [4.69, 9.17) is 17.5 Å². The normalized spacial score (nSPS) is 8.29. The number of hydrogen-bond donors (Lipinski definition) is 2. The molecule has 7 heavy (non-hydrogen) atoms. The first-order chi connectivity index (χ1) is 2.00. The van der Waals surface area contributed by atoms with E-state index in [1.165, 1.54) is 0 Å². The van der Waals surface area contributed by atoms with Crippen LogP contribution in [0.5, 0.6) is 0 Å². The van der Waals surface area contributed by atoms with Gasteiger partial charge in [0, 0.05) is 0 Å². The molecular formula is H5BaFO4S. The van der Waals surface area contributed by atoms with E-state index in [1.54, 1.807) is 0 Å². The van der Waals surface area contributed by atoms with E-state index >= 15 is 0 Å². The Labute approximate surface area is 83.3 Å². The molecule has 0 fully saturated rings. The zero-order chi connectivity index (χ0) is 4.50. The van der Waals surface area contributed by atoms with Crippen molar-refractivity contribution >= 4 is 59.3 Å². The molecule has 0 bridgehead atoms. The van der Waals surface area contributed by atoms with Crippen LogP contribution in [0.3, 0.4) is 0 Å². The van der Waals surface area contributed by atoms with Gasteiger partial charge in [-0.15, -0.1) is 0 Å². The van der Waals surface area contributed by atoms with Gasteiger partial charge in [-0.05, 0) is 0 Å². The average Bonchev–Trinajstić information content (AvgIpc) is 0.722. The minimum Gasteiger partial charge on any atom is -1.00 e. The Morgan fingerprint density at radius 1 is 1.29 bits per heavy atom. The van der Waals surface area contributed by atoms with Gasteiger partial charge in [-0.25, -0.2) is 0 Å². The molecule has 0 amide bonds. The third-order valence-corrected chi connectivity index (χ3v) is 0. The van der Waals surface area contributed by atoms with Crippen LogP contribution in [0.2, 0.25) is 0 Å². The Balaban J connectivity index is -0.0000000133. The van der Waals surface area contributed by atoms with E-state index in [0.29, 0.717) is 0 Å². The maximum Gasteiger partial charge on any atom is 2.00 e. The van der Waals surface area contributed by atoms with Gasteiger partial charge in [-0.2, -0.15) is 8.42 Å². The van der Waals surface area contributed by atoms with Crippen LogP contribution in [0.1, 0.15) is 2.85 Å². The Morgan fingerprint density at radius 2 is 1.29 bits per heavy atom. The van der Waals surface area contributed by atoms with E-state index in [0.717, 1.165) is 0 Å². The van der Waals surface area contributed by atoms with Crippen molar-refractivity contribution in [3.63, 3.8) is 0 Å². The summed E-state index contributed by atoms with van der Waals surface area (Å²) < 4.78 is 31.6. The zero-order valence-corrected chi connectivity index (χ0v) is 8.49. The molecule has 0 aromatic carbocycles. The van der Waals surface area contributed by atoms with Crippen molar-refractivity contribution in [3.05, 3.63) is 0 Å². The van der Waals surface area contributed by atoms with Crippen LogP contribution < -0.4 is 0 Å². The van der Waals surface area contributed by atoms with Gasteiger partial charge in [0.15, 0.2) is 0 Å². The SMILES string of the molecule is F.O=S(=O)(O)O.[Ba+2].[H-].[H-]. The molecule has 2 N–H and O–H groups in total. The zero-order valence-electron chi connectivity index (χ0n) is 5.23.